The zero-order valence-corrected chi connectivity index (χ0v) is 15.2. The van der Waals surface area contributed by atoms with Crippen LogP contribution in [0, 0.1) is 5.92 Å². The van der Waals surface area contributed by atoms with Crippen LogP contribution in [0.5, 0.6) is 5.75 Å². The van der Waals surface area contributed by atoms with E-state index in [0.29, 0.717) is 6.54 Å². The number of hydrogen-bond donors (Lipinski definition) is 2. The molecular weight excluding hydrogens is 302 g/mol. The fraction of sp³-hybridized carbons (Fsp3) is 0.632. The van der Waals surface area contributed by atoms with Crippen LogP contribution in [-0.4, -0.2) is 50.3 Å². The van der Waals surface area contributed by atoms with Crippen molar-refractivity contribution < 1.29 is 9.53 Å². The quantitative estimate of drug-likeness (QED) is 0.806. The summed E-state index contributed by atoms with van der Waals surface area (Å²) >= 11 is 0. The second-order valence-electron chi connectivity index (χ2n) is 6.91. The van der Waals surface area contributed by atoms with Crippen LogP contribution in [0.4, 0.5) is 4.79 Å². The third-order valence-electron chi connectivity index (χ3n) is 4.51. The third-order valence-corrected chi connectivity index (χ3v) is 4.51. The van der Waals surface area contributed by atoms with Gasteiger partial charge in [0.1, 0.15) is 5.75 Å². The van der Waals surface area contributed by atoms with Crippen molar-refractivity contribution in [1.29, 1.82) is 0 Å². The van der Waals surface area contributed by atoms with Crippen LogP contribution in [0.25, 0.3) is 0 Å². The van der Waals surface area contributed by atoms with E-state index in [9.17, 15) is 4.79 Å². The van der Waals surface area contributed by atoms with E-state index in [1.807, 2.05) is 24.3 Å². The van der Waals surface area contributed by atoms with Crippen LogP contribution in [-0.2, 0) is 6.42 Å². The Kier molecular flexibility index (Phi) is 7.37. The molecule has 0 spiro atoms. The lowest BCUT2D eigenvalue weighted by atomic mass is 10.00. The molecule has 134 valence electrons. The second kappa shape index (κ2) is 9.52. The predicted molar refractivity (Wildman–Crippen MR) is 97.5 cm³/mol. The summed E-state index contributed by atoms with van der Waals surface area (Å²) in [5.74, 6) is 1.62. The number of nitrogens with zero attached hydrogens (tertiary/aromatic N) is 1. The van der Waals surface area contributed by atoms with Gasteiger partial charge in [-0.1, -0.05) is 19.1 Å². The summed E-state index contributed by atoms with van der Waals surface area (Å²) in [7, 11) is 1.66. The summed E-state index contributed by atoms with van der Waals surface area (Å²) in [6, 6.07) is 8.02. The van der Waals surface area contributed by atoms with Crippen LogP contribution < -0.4 is 15.4 Å². The van der Waals surface area contributed by atoms with Crippen molar-refractivity contribution in [2.24, 2.45) is 5.92 Å². The molecule has 2 amide bonds. The highest BCUT2D eigenvalue weighted by molar-refractivity contribution is 5.74. The number of urea groups is 1. The van der Waals surface area contributed by atoms with Crippen molar-refractivity contribution in [2.75, 3.05) is 33.3 Å². The molecule has 1 heterocycles. The smallest absolute Gasteiger partial charge is 0.315 e. The van der Waals surface area contributed by atoms with E-state index in [1.165, 1.54) is 18.4 Å². The number of amides is 2. The maximum absolute atomic E-state index is 12.0. The highest BCUT2D eigenvalue weighted by atomic mass is 16.5. The molecule has 0 aromatic heterocycles. The molecule has 2 N–H and O–H groups in total. The molecule has 0 aliphatic carbocycles. The summed E-state index contributed by atoms with van der Waals surface area (Å²) < 4.78 is 5.14. The fourth-order valence-electron chi connectivity index (χ4n) is 3.27. The number of benzene rings is 1. The average molecular weight is 333 g/mol. The van der Waals surface area contributed by atoms with Crippen molar-refractivity contribution >= 4 is 6.03 Å². The van der Waals surface area contributed by atoms with E-state index in [1.54, 1.807) is 7.11 Å². The van der Waals surface area contributed by atoms with Gasteiger partial charge in [-0.25, -0.2) is 4.79 Å². The van der Waals surface area contributed by atoms with Gasteiger partial charge < -0.3 is 20.3 Å². The van der Waals surface area contributed by atoms with Gasteiger partial charge >= 0.3 is 6.03 Å². The number of methoxy groups -OCH3 is 1. The number of carbonyl (C=O) groups excluding carboxylic acids is 1. The first-order valence-electron chi connectivity index (χ1n) is 8.96. The SMILES string of the molecule is COc1ccc(CCNC(=O)NC(C)CN2CCCC(C)C2)cc1. The normalized spacial score (nSPS) is 19.5. The Morgan fingerprint density at radius 1 is 1.38 bits per heavy atom. The molecule has 2 unspecified atom stereocenters. The van der Waals surface area contributed by atoms with Crippen LogP contribution in [0.3, 0.4) is 0 Å². The minimum atomic E-state index is -0.0823. The van der Waals surface area contributed by atoms with Crippen molar-refractivity contribution in [1.82, 2.24) is 15.5 Å². The number of likely N-dealkylation sites (tertiary alicyclic amines) is 1. The molecule has 5 nitrogen and oxygen atoms in total. The number of hydrogen-bond acceptors (Lipinski definition) is 3. The van der Waals surface area contributed by atoms with Gasteiger partial charge in [-0.05, 0) is 56.3 Å². The molecule has 2 rings (SSSR count). The lowest BCUT2D eigenvalue weighted by Gasteiger charge is -2.32. The summed E-state index contributed by atoms with van der Waals surface area (Å²) in [5, 5.41) is 5.97. The van der Waals surface area contributed by atoms with E-state index in [2.05, 4.69) is 29.4 Å². The molecule has 1 aliphatic rings. The summed E-state index contributed by atoms with van der Waals surface area (Å²) in [4.78, 5) is 14.4. The Morgan fingerprint density at radius 3 is 2.79 bits per heavy atom. The van der Waals surface area contributed by atoms with Crippen LogP contribution in [0.1, 0.15) is 32.3 Å². The van der Waals surface area contributed by atoms with Gasteiger partial charge in [0.2, 0.25) is 0 Å². The zero-order valence-electron chi connectivity index (χ0n) is 15.2. The standard InChI is InChI=1S/C19H31N3O2/c1-15-5-4-12-22(13-15)14-16(2)21-19(23)20-11-10-17-6-8-18(24-3)9-7-17/h6-9,15-16H,4-5,10-14H2,1-3H3,(H2,20,21,23). The van der Waals surface area contributed by atoms with Crippen molar-refractivity contribution in [2.45, 2.75) is 39.2 Å². The molecule has 1 aromatic rings. The molecule has 1 fully saturated rings. The van der Waals surface area contributed by atoms with Gasteiger partial charge in [-0.15, -0.1) is 0 Å². The maximum Gasteiger partial charge on any atom is 0.315 e. The fourth-order valence-corrected chi connectivity index (χ4v) is 3.27. The molecule has 24 heavy (non-hydrogen) atoms. The van der Waals surface area contributed by atoms with Crippen LogP contribution in [0.15, 0.2) is 24.3 Å². The van der Waals surface area contributed by atoms with Gasteiger partial charge in [0.05, 0.1) is 7.11 Å². The first-order chi connectivity index (χ1) is 11.6. The lowest BCUT2D eigenvalue weighted by molar-refractivity contribution is 0.169. The number of piperidine rings is 1. The molecule has 0 radical (unpaired) electrons. The Bertz CT molecular complexity index is 504. The maximum atomic E-state index is 12.0. The molecule has 2 atom stereocenters. The van der Waals surface area contributed by atoms with Crippen molar-refractivity contribution in [3.8, 4) is 5.75 Å². The topological polar surface area (TPSA) is 53.6 Å². The Labute approximate surface area is 145 Å². The summed E-state index contributed by atoms with van der Waals surface area (Å²) in [6.45, 7) is 8.22. The van der Waals surface area contributed by atoms with Gasteiger partial charge in [0.25, 0.3) is 0 Å². The van der Waals surface area contributed by atoms with E-state index >= 15 is 0 Å². The van der Waals surface area contributed by atoms with Crippen molar-refractivity contribution in [3.05, 3.63) is 29.8 Å². The summed E-state index contributed by atoms with van der Waals surface area (Å²) in [6.07, 6.45) is 3.40. The van der Waals surface area contributed by atoms with Crippen LogP contribution in [0.2, 0.25) is 0 Å². The van der Waals surface area contributed by atoms with Gasteiger partial charge in [-0.2, -0.15) is 0 Å². The van der Waals surface area contributed by atoms with E-state index in [4.69, 9.17) is 4.74 Å². The third kappa shape index (κ3) is 6.40. The monoisotopic (exact) mass is 333 g/mol. The van der Waals surface area contributed by atoms with Gasteiger partial charge in [0.15, 0.2) is 0 Å². The highest BCUT2D eigenvalue weighted by Gasteiger charge is 2.18. The number of ether oxygens (including phenoxy) is 1. The number of carbonyl (C=O) groups is 1. The minimum Gasteiger partial charge on any atom is -0.497 e. The largest absolute Gasteiger partial charge is 0.497 e. The Balaban J connectivity index is 1.63. The van der Waals surface area contributed by atoms with Gasteiger partial charge in [0, 0.05) is 25.7 Å². The predicted octanol–water partition coefficient (Wildman–Crippen LogP) is 2.66. The average Bonchev–Trinajstić information content (AvgIpc) is 2.55. The lowest BCUT2D eigenvalue weighted by Crippen LogP contribution is -2.48. The van der Waals surface area contributed by atoms with E-state index in [0.717, 1.165) is 37.7 Å². The molecule has 1 aliphatic heterocycles. The first-order valence-corrected chi connectivity index (χ1v) is 8.96. The number of nitrogens with one attached hydrogen (secondary N) is 2. The van der Waals surface area contributed by atoms with Gasteiger partial charge in [-0.3, -0.25) is 0 Å². The number of rotatable bonds is 7. The molecule has 0 bridgehead atoms. The molecule has 1 saturated heterocycles. The summed E-state index contributed by atoms with van der Waals surface area (Å²) in [5.41, 5.74) is 1.19. The minimum absolute atomic E-state index is 0.0823. The van der Waals surface area contributed by atoms with Crippen LogP contribution >= 0.6 is 0 Å². The molecule has 5 heteroatoms. The van der Waals surface area contributed by atoms with E-state index in [-0.39, 0.29) is 12.1 Å². The zero-order chi connectivity index (χ0) is 17.4. The Hall–Kier alpha value is -1.75. The van der Waals surface area contributed by atoms with E-state index < -0.39 is 0 Å². The Morgan fingerprint density at radius 2 is 2.12 bits per heavy atom. The van der Waals surface area contributed by atoms with Crippen molar-refractivity contribution in [3.63, 3.8) is 0 Å². The molecule has 0 saturated carbocycles. The second-order valence-corrected chi connectivity index (χ2v) is 6.91. The highest BCUT2D eigenvalue weighted by Crippen LogP contribution is 2.15. The molecular formula is C19H31N3O2. The first kappa shape index (κ1) is 18.6. The molecule has 1 aromatic carbocycles.